The van der Waals surface area contributed by atoms with Crippen molar-refractivity contribution in [3.05, 3.63) is 65.7 Å². The van der Waals surface area contributed by atoms with Crippen LogP contribution < -0.4 is 4.74 Å². The van der Waals surface area contributed by atoms with Crippen LogP contribution >= 0.6 is 7.60 Å². The van der Waals surface area contributed by atoms with E-state index in [2.05, 4.69) is 6.92 Å². The molecule has 2 aromatic carbocycles. The van der Waals surface area contributed by atoms with Gasteiger partial charge in [0.15, 0.2) is 0 Å². The lowest BCUT2D eigenvalue weighted by molar-refractivity contribution is 0.0716. The molecule has 0 aliphatic carbocycles. The Morgan fingerprint density at radius 2 is 1.57 bits per heavy atom. The minimum absolute atomic E-state index is 0.209. The maximum absolute atomic E-state index is 12.2. The summed E-state index contributed by atoms with van der Waals surface area (Å²) >= 11 is 0. The number of carbonyl (C=O) groups excluding carboxylic acids is 1. The van der Waals surface area contributed by atoms with E-state index in [0.717, 1.165) is 12.8 Å². The number of benzene rings is 2. The average Bonchev–Trinajstić information content (AvgIpc) is 2.68. The molecule has 1 unspecified atom stereocenters. The van der Waals surface area contributed by atoms with Crippen LogP contribution in [-0.2, 0) is 15.3 Å². The van der Waals surface area contributed by atoms with Crippen LogP contribution in [0.2, 0.25) is 0 Å². The van der Waals surface area contributed by atoms with Crippen molar-refractivity contribution in [3.63, 3.8) is 0 Å². The lowest BCUT2D eigenvalue weighted by Gasteiger charge is -2.12. The number of rotatable bonds is 12. The van der Waals surface area contributed by atoms with E-state index in [1.165, 1.54) is 25.7 Å². The smallest absolute Gasteiger partial charge is 0.383 e. The van der Waals surface area contributed by atoms with E-state index in [4.69, 9.17) is 9.26 Å². The third-order valence-corrected chi connectivity index (χ3v) is 5.52. The highest BCUT2D eigenvalue weighted by Gasteiger charge is 2.25. The highest BCUT2D eigenvalue weighted by atomic mass is 31.2. The van der Waals surface area contributed by atoms with Gasteiger partial charge in [0.25, 0.3) is 0 Å². The van der Waals surface area contributed by atoms with Crippen LogP contribution in [0.4, 0.5) is 0 Å². The average molecular weight is 404 g/mol. The third kappa shape index (κ3) is 8.28. The molecule has 0 saturated heterocycles. The van der Waals surface area contributed by atoms with Crippen molar-refractivity contribution >= 4 is 13.6 Å². The highest BCUT2D eigenvalue weighted by Crippen LogP contribution is 2.46. The second kappa shape index (κ2) is 11.7. The summed E-state index contributed by atoms with van der Waals surface area (Å²) in [6, 6.07) is 15.2. The quantitative estimate of drug-likeness (QED) is 0.349. The Morgan fingerprint density at radius 3 is 2.25 bits per heavy atom. The second-order valence-corrected chi connectivity index (χ2v) is 8.57. The van der Waals surface area contributed by atoms with E-state index in [1.54, 1.807) is 48.5 Å². The number of ether oxygens (including phenoxy) is 1. The van der Waals surface area contributed by atoms with Crippen LogP contribution in [0.1, 0.15) is 61.4 Å². The van der Waals surface area contributed by atoms with Crippen molar-refractivity contribution in [1.82, 2.24) is 0 Å². The first-order chi connectivity index (χ1) is 13.5. The van der Waals surface area contributed by atoms with E-state index in [0.29, 0.717) is 17.9 Å². The first kappa shape index (κ1) is 22.2. The minimum Gasteiger partial charge on any atom is -0.494 e. The Hall–Kier alpha value is -2.10. The Bertz CT molecular complexity index is 758. The summed E-state index contributed by atoms with van der Waals surface area (Å²) in [6.45, 7) is 2.84. The Kier molecular flexibility index (Phi) is 9.26. The Balaban J connectivity index is 1.77. The molecular weight excluding hydrogens is 375 g/mol. The molecule has 152 valence electrons. The van der Waals surface area contributed by atoms with Crippen LogP contribution in [0.3, 0.4) is 0 Å². The topological polar surface area (TPSA) is 72.8 Å². The van der Waals surface area contributed by atoms with Gasteiger partial charge < -0.3 is 14.2 Å². The normalized spacial score (nSPS) is 12.9. The van der Waals surface area contributed by atoms with Crippen molar-refractivity contribution in [1.29, 1.82) is 0 Å². The van der Waals surface area contributed by atoms with Crippen LogP contribution in [0.15, 0.2) is 54.6 Å². The predicted octanol–water partition coefficient (Wildman–Crippen LogP) is 5.97. The van der Waals surface area contributed by atoms with Crippen LogP contribution in [0, 0.1) is 0 Å². The molecule has 0 spiro atoms. The summed E-state index contributed by atoms with van der Waals surface area (Å²) in [7, 11) is -4.06. The first-order valence-corrected chi connectivity index (χ1v) is 11.6. The Morgan fingerprint density at radius 1 is 0.929 bits per heavy atom. The molecule has 6 heteroatoms. The number of hydrogen-bond donors (Lipinski definition) is 1. The minimum atomic E-state index is -4.06. The predicted molar refractivity (Wildman–Crippen MR) is 111 cm³/mol. The van der Waals surface area contributed by atoms with E-state index in [-0.39, 0.29) is 11.7 Å². The van der Waals surface area contributed by atoms with Crippen molar-refractivity contribution in [2.45, 2.75) is 51.6 Å². The molecule has 0 saturated carbocycles. The van der Waals surface area contributed by atoms with Crippen LogP contribution in [0.5, 0.6) is 5.75 Å². The zero-order chi connectivity index (χ0) is 20.2. The van der Waals surface area contributed by atoms with E-state index in [9.17, 15) is 14.3 Å². The zero-order valence-corrected chi connectivity index (χ0v) is 17.3. The molecule has 0 amide bonds. The molecule has 0 heterocycles. The largest absolute Gasteiger partial charge is 0.494 e. The number of unbranched alkanes of at least 4 members (excludes halogenated alkanes) is 5. The molecule has 0 radical (unpaired) electrons. The summed E-state index contributed by atoms with van der Waals surface area (Å²) < 4.78 is 22.7. The summed E-state index contributed by atoms with van der Waals surface area (Å²) in [5, 5.41) is 0. The molecule has 5 nitrogen and oxygen atoms in total. The van der Waals surface area contributed by atoms with Gasteiger partial charge in [-0.25, -0.2) is 9.36 Å². The van der Waals surface area contributed by atoms with Gasteiger partial charge >= 0.3 is 13.6 Å². The van der Waals surface area contributed by atoms with Gasteiger partial charge in [-0.05, 0) is 36.2 Å². The van der Waals surface area contributed by atoms with Crippen molar-refractivity contribution in [2.75, 3.05) is 6.61 Å². The first-order valence-electron chi connectivity index (χ1n) is 9.83. The second-order valence-electron chi connectivity index (χ2n) is 6.80. The van der Waals surface area contributed by atoms with Gasteiger partial charge in [0.2, 0.25) is 0 Å². The molecule has 2 rings (SSSR count). The zero-order valence-electron chi connectivity index (χ0n) is 16.4. The molecule has 28 heavy (non-hydrogen) atoms. The molecular formula is C22H29O5P. The van der Waals surface area contributed by atoms with Gasteiger partial charge in [-0.2, -0.15) is 0 Å². The van der Waals surface area contributed by atoms with Crippen LogP contribution in [-0.4, -0.2) is 17.5 Å². The summed E-state index contributed by atoms with van der Waals surface area (Å²) in [4.78, 5) is 22.1. The standard InChI is InChI=1S/C22H29O5P/c1-2-3-4-5-6-10-17-26-21-15-13-20(14-16-21)22(23)27-28(24,25)18-19-11-8-7-9-12-19/h7-9,11-16H,2-6,10,17-18H2,1H3,(H,24,25). The maximum atomic E-state index is 12.2. The van der Waals surface area contributed by atoms with Crippen molar-refractivity contribution < 1.29 is 23.5 Å². The molecule has 0 fully saturated rings. The third-order valence-electron chi connectivity index (χ3n) is 4.31. The summed E-state index contributed by atoms with van der Waals surface area (Å²) in [5.41, 5.74) is 0.855. The fourth-order valence-electron chi connectivity index (χ4n) is 2.79. The highest BCUT2D eigenvalue weighted by molar-refractivity contribution is 7.52. The van der Waals surface area contributed by atoms with Crippen LogP contribution in [0.25, 0.3) is 0 Å². The van der Waals surface area contributed by atoms with E-state index < -0.39 is 13.6 Å². The van der Waals surface area contributed by atoms with Gasteiger partial charge in [0.05, 0.1) is 18.3 Å². The Labute approximate surface area is 167 Å². The molecule has 0 aliphatic rings. The summed E-state index contributed by atoms with van der Waals surface area (Å²) in [6.07, 6.45) is 6.96. The molecule has 1 atom stereocenters. The lowest BCUT2D eigenvalue weighted by atomic mass is 10.1. The number of carbonyl (C=O) groups is 1. The van der Waals surface area contributed by atoms with Gasteiger partial charge in [0, 0.05) is 0 Å². The van der Waals surface area contributed by atoms with Gasteiger partial charge in [0.1, 0.15) is 5.75 Å². The lowest BCUT2D eigenvalue weighted by Crippen LogP contribution is -2.05. The monoisotopic (exact) mass is 404 g/mol. The van der Waals surface area contributed by atoms with E-state index >= 15 is 0 Å². The fraction of sp³-hybridized carbons (Fsp3) is 0.409. The van der Waals surface area contributed by atoms with Crippen molar-refractivity contribution in [2.24, 2.45) is 0 Å². The molecule has 2 aromatic rings. The molecule has 0 bridgehead atoms. The van der Waals surface area contributed by atoms with Gasteiger partial charge in [-0.15, -0.1) is 0 Å². The molecule has 0 aromatic heterocycles. The fourth-order valence-corrected chi connectivity index (χ4v) is 3.89. The SMILES string of the molecule is CCCCCCCCOc1ccc(C(=O)OP(=O)(O)Cc2ccccc2)cc1. The van der Waals surface area contributed by atoms with Gasteiger partial charge in [-0.1, -0.05) is 69.4 Å². The maximum Gasteiger partial charge on any atom is 0.383 e. The summed E-state index contributed by atoms with van der Waals surface area (Å²) in [5.74, 6) is -0.147. The number of hydrogen-bond acceptors (Lipinski definition) is 4. The molecule has 0 aliphatic heterocycles. The molecule has 1 N–H and O–H groups in total. The van der Waals surface area contributed by atoms with E-state index in [1.807, 2.05) is 6.07 Å². The van der Waals surface area contributed by atoms with Gasteiger partial charge in [-0.3, -0.25) is 0 Å². The van der Waals surface area contributed by atoms with Crippen molar-refractivity contribution in [3.8, 4) is 5.75 Å².